The third kappa shape index (κ3) is 5.69. The number of carbonyl (C=O) groups is 2. The first kappa shape index (κ1) is 25.1. The first-order valence-corrected chi connectivity index (χ1v) is 10.5. The van der Waals surface area contributed by atoms with Gasteiger partial charge in [0.2, 0.25) is 5.91 Å². The summed E-state index contributed by atoms with van der Waals surface area (Å²) in [5, 5.41) is 2.86. The van der Waals surface area contributed by atoms with Gasteiger partial charge < -0.3 is 19.4 Å². The van der Waals surface area contributed by atoms with Gasteiger partial charge in [0, 0.05) is 11.6 Å². The van der Waals surface area contributed by atoms with Crippen LogP contribution in [-0.2, 0) is 27.0 Å². The smallest absolute Gasteiger partial charge is 0.416 e. The predicted molar refractivity (Wildman–Crippen MR) is 120 cm³/mol. The highest BCUT2D eigenvalue weighted by molar-refractivity contribution is 6.33. The molecule has 2 aromatic carbocycles. The molecule has 180 valence electrons. The molecule has 0 spiro atoms. The van der Waals surface area contributed by atoms with Crippen molar-refractivity contribution in [2.45, 2.75) is 32.7 Å². The zero-order valence-corrected chi connectivity index (χ0v) is 18.9. The number of rotatable bonds is 7. The number of fused-ring (bicyclic) bond motifs is 1. The Morgan fingerprint density at radius 1 is 1.15 bits per heavy atom. The summed E-state index contributed by atoms with van der Waals surface area (Å²) in [4.78, 5) is 37.2. The van der Waals surface area contributed by atoms with Gasteiger partial charge in [0.1, 0.15) is 12.3 Å². The fourth-order valence-electron chi connectivity index (χ4n) is 3.16. The minimum absolute atomic E-state index is 0.0790. The average molecular weight is 497 g/mol. The number of hydrogen-bond acceptors (Lipinski definition) is 5. The molecule has 0 bridgehead atoms. The molecular weight excluding hydrogens is 477 g/mol. The Morgan fingerprint density at radius 2 is 1.88 bits per heavy atom. The number of ether oxygens (including phenoxy) is 2. The van der Waals surface area contributed by atoms with Crippen LogP contribution in [0.5, 0.6) is 5.75 Å². The maximum atomic E-state index is 12.9. The third-order valence-electron chi connectivity index (χ3n) is 4.78. The van der Waals surface area contributed by atoms with E-state index in [-0.39, 0.29) is 28.5 Å². The Kier molecular flexibility index (Phi) is 7.51. The first-order chi connectivity index (χ1) is 16.0. The minimum atomic E-state index is -4.61. The topological polar surface area (TPSA) is 86.6 Å². The van der Waals surface area contributed by atoms with Crippen molar-refractivity contribution >= 4 is 39.9 Å². The monoisotopic (exact) mass is 496 g/mol. The van der Waals surface area contributed by atoms with E-state index in [4.69, 9.17) is 21.1 Å². The van der Waals surface area contributed by atoms with Crippen molar-refractivity contribution in [1.29, 1.82) is 0 Å². The number of anilines is 1. The fourth-order valence-corrected chi connectivity index (χ4v) is 3.32. The minimum Gasteiger partial charge on any atom is -0.478 e. The normalized spacial score (nSPS) is 12.3. The molecule has 1 unspecified atom stereocenters. The Balaban J connectivity index is 1.83. The molecule has 0 fully saturated rings. The molecule has 1 heterocycles. The van der Waals surface area contributed by atoms with Crippen molar-refractivity contribution < 1.29 is 32.2 Å². The number of nitrogens with one attached hydrogen (secondary N) is 1. The molecule has 1 N–H and O–H groups in total. The van der Waals surface area contributed by atoms with Crippen molar-refractivity contribution in [3.63, 3.8) is 0 Å². The first-order valence-electron chi connectivity index (χ1n) is 10.1. The van der Waals surface area contributed by atoms with Gasteiger partial charge in [-0.25, -0.2) is 4.79 Å². The van der Waals surface area contributed by atoms with Crippen LogP contribution in [0.3, 0.4) is 0 Å². The lowest BCUT2D eigenvalue weighted by atomic mass is 10.1. The number of carbonyl (C=O) groups excluding carboxylic acids is 2. The number of pyridine rings is 1. The van der Waals surface area contributed by atoms with Crippen molar-refractivity contribution in [1.82, 2.24) is 4.57 Å². The summed E-state index contributed by atoms with van der Waals surface area (Å²) in [5.41, 5.74) is -1.73. The van der Waals surface area contributed by atoms with Gasteiger partial charge >= 0.3 is 12.1 Å². The third-order valence-corrected chi connectivity index (χ3v) is 5.11. The largest absolute Gasteiger partial charge is 0.478 e. The molecule has 1 atom stereocenters. The summed E-state index contributed by atoms with van der Waals surface area (Å²) in [6.07, 6.45) is -4.17. The summed E-state index contributed by atoms with van der Waals surface area (Å²) in [6.45, 7) is 2.91. The molecule has 1 amide bonds. The SMILES string of the molecule is CCOC(=O)C(C)Oc1cccc2c(=O)n(CC(=O)Nc3cc(C(F)(F)F)ccc3Cl)ccc12. The van der Waals surface area contributed by atoms with Crippen LogP contribution in [0.25, 0.3) is 10.8 Å². The van der Waals surface area contributed by atoms with Gasteiger partial charge in [-0.2, -0.15) is 13.2 Å². The molecule has 11 heteroatoms. The molecule has 0 aliphatic carbocycles. The maximum Gasteiger partial charge on any atom is 0.416 e. The number of benzene rings is 2. The van der Waals surface area contributed by atoms with Crippen molar-refractivity contribution in [3.8, 4) is 5.75 Å². The molecule has 3 rings (SSSR count). The van der Waals surface area contributed by atoms with Gasteiger partial charge in [0.05, 0.1) is 28.3 Å². The van der Waals surface area contributed by atoms with Gasteiger partial charge in [0.25, 0.3) is 5.56 Å². The van der Waals surface area contributed by atoms with Crippen molar-refractivity contribution in [3.05, 3.63) is 69.6 Å². The van der Waals surface area contributed by atoms with E-state index in [0.29, 0.717) is 5.39 Å². The van der Waals surface area contributed by atoms with Gasteiger partial charge in [-0.05, 0) is 50.2 Å². The predicted octanol–water partition coefficient (Wildman–Crippen LogP) is 4.64. The van der Waals surface area contributed by atoms with Crippen LogP contribution >= 0.6 is 11.6 Å². The molecule has 0 radical (unpaired) electrons. The number of halogens is 4. The molecular formula is C23H20ClF3N2O5. The Labute approximate surface area is 197 Å². The standard InChI is InChI=1S/C23H20ClF3N2O5/c1-3-33-22(32)13(2)34-19-6-4-5-16-15(19)9-10-29(21(16)31)12-20(30)28-18-11-14(23(25,26)27)7-8-17(18)24/h4-11,13H,3,12H2,1-2H3,(H,28,30). The van der Waals surface area contributed by atoms with Crippen LogP contribution in [0.4, 0.5) is 18.9 Å². The van der Waals surface area contributed by atoms with Gasteiger partial charge in [-0.15, -0.1) is 0 Å². The molecule has 0 saturated heterocycles. The van der Waals surface area contributed by atoms with Crippen LogP contribution < -0.4 is 15.6 Å². The Hall–Kier alpha value is -3.53. The van der Waals surface area contributed by atoms with Gasteiger partial charge in [0.15, 0.2) is 6.10 Å². The van der Waals surface area contributed by atoms with Gasteiger partial charge in [-0.1, -0.05) is 17.7 Å². The second-order valence-corrected chi connectivity index (χ2v) is 7.63. The lowest BCUT2D eigenvalue weighted by molar-refractivity contribution is -0.150. The molecule has 0 saturated carbocycles. The van der Waals surface area contributed by atoms with Crippen molar-refractivity contribution in [2.75, 3.05) is 11.9 Å². The summed E-state index contributed by atoms with van der Waals surface area (Å²) in [7, 11) is 0. The zero-order valence-electron chi connectivity index (χ0n) is 18.1. The lowest BCUT2D eigenvalue weighted by Gasteiger charge is -2.16. The van der Waals surface area contributed by atoms with E-state index in [1.54, 1.807) is 19.1 Å². The van der Waals surface area contributed by atoms with E-state index in [0.717, 1.165) is 22.8 Å². The van der Waals surface area contributed by atoms with Crippen LogP contribution in [0, 0.1) is 0 Å². The number of nitrogens with zero attached hydrogens (tertiary/aromatic N) is 1. The fraction of sp³-hybridized carbons (Fsp3) is 0.261. The summed E-state index contributed by atoms with van der Waals surface area (Å²) >= 11 is 5.91. The van der Waals surface area contributed by atoms with Gasteiger partial charge in [-0.3, -0.25) is 9.59 Å². The molecule has 7 nitrogen and oxygen atoms in total. The van der Waals surface area contributed by atoms with Crippen LogP contribution in [0.1, 0.15) is 19.4 Å². The molecule has 34 heavy (non-hydrogen) atoms. The quantitative estimate of drug-likeness (QED) is 0.481. The van der Waals surface area contributed by atoms with E-state index in [1.807, 2.05) is 0 Å². The number of esters is 1. The van der Waals surface area contributed by atoms with Crippen molar-refractivity contribution in [2.24, 2.45) is 0 Å². The van der Waals surface area contributed by atoms with E-state index in [2.05, 4.69) is 5.32 Å². The highest BCUT2D eigenvalue weighted by Crippen LogP contribution is 2.33. The van der Waals surface area contributed by atoms with E-state index in [9.17, 15) is 27.6 Å². The average Bonchev–Trinajstić information content (AvgIpc) is 2.77. The molecule has 1 aromatic heterocycles. The van der Waals surface area contributed by atoms with E-state index < -0.39 is 41.8 Å². The summed E-state index contributed by atoms with van der Waals surface area (Å²) < 4.78 is 50.5. The summed E-state index contributed by atoms with van der Waals surface area (Å²) in [6, 6.07) is 8.76. The second kappa shape index (κ2) is 10.2. The molecule has 0 aliphatic rings. The molecule has 3 aromatic rings. The van der Waals surface area contributed by atoms with Crippen LogP contribution in [0.2, 0.25) is 5.02 Å². The van der Waals surface area contributed by atoms with Crippen LogP contribution in [-0.4, -0.2) is 29.2 Å². The summed E-state index contributed by atoms with van der Waals surface area (Å²) in [5.74, 6) is -1.02. The highest BCUT2D eigenvalue weighted by atomic mass is 35.5. The second-order valence-electron chi connectivity index (χ2n) is 7.22. The Morgan fingerprint density at radius 3 is 2.56 bits per heavy atom. The van der Waals surface area contributed by atoms with Crippen LogP contribution in [0.15, 0.2) is 53.5 Å². The number of amides is 1. The highest BCUT2D eigenvalue weighted by Gasteiger charge is 2.31. The molecule has 0 aliphatic heterocycles. The zero-order chi connectivity index (χ0) is 25.0. The number of hydrogen-bond donors (Lipinski definition) is 1. The number of aromatic nitrogens is 1. The lowest BCUT2D eigenvalue weighted by Crippen LogP contribution is -2.28. The Bertz CT molecular complexity index is 1290. The maximum absolute atomic E-state index is 12.9. The van der Waals surface area contributed by atoms with E-state index >= 15 is 0 Å². The van der Waals surface area contributed by atoms with E-state index in [1.165, 1.54) is 25.3 Å². The number of alkyl halides is 3.